The van der Waals surface area contributed by atoms with Crippen LogP contribution in [0.1, 0.15) is 62.5 Å². The van der Waals surface area contributed by atoms with Crippen LogP contribution in [0.5, 0.6) is 5.75 Å². The van der Waals surface area contributed by atoms with Crippen LogP contribution in [0.2, 0.25) is 0 Å². The molecule has 8 atom stereocenters. The molecule has 2 aliphatic heterocycles. The summed E-state index contributed by atoms with van der Waals surface area (Å²) in [5.41, 5.74) is 29.2. The van der Waals surface area contributed by atoms with Crippen LogP contribution >= 0.6 is 21.6 Å². The van der Waals surface area contributed by atoms with Gasteiger partial charge < -0.3 is 75.9 Å². The molecule has 2 aromatic carbocycles. The zero-order chi connectivity index (χ0) is 53.6. The predicted octanol–water partition coefficient (Wildman–Crippen LogP) is -4.33. The average molecular weight is 1060 g/mol. The number of rotatable bonds is 19. The molecule has 73 heavy (non-hydrogen) atoms. The highest BCUT2D eigenvalue weighted by Crippen LogP contribution is 2.26. The number of hydrogen-bond donors (Lipinski definition) is 13. The number of phenols is 1. The average Bonchev–Trinajstić information content (AvgIpc) is 3.85. The highest BCUT2D eigenvalue weighted by atomic mass is 33.1. The number of nitrogens with zero attached hydrogens (tertiary/aromatic N) is 1. The summed E-state index contributed by atoms with van der Waals surface area (Å²) in [5.74, 6) is -10.0. The Labute approximate surface area is 428 Å². The van der Waals surface area contributed by atoms with Gasteiger partial charge in [0, 0.05) is 37.3 Å². The van der Waals surface area contributed by atoms with E-state index in [0.29, 0.717) is 36.9 Å². The van der Waals surface area contributed by atoms with Crippen molar-refractivity contribution < 1.29 is 57.8 Å². The molecule has 4 rings (SSSR count). The first kappa shape index (κ1) is 58.6. The van der Waals surface area contributed by atoms with E-state index in [1.165, 1.54) is 29.2 Å². The molecule has 0 radical (unpaired) electrons. The molecule has 25 nitrogen and oxygen atoms in total. The molecular formula is C46H65N13O12S2. The summed E-state index contributed by atoms with van der Waals surface area (Å²) in [6, 6.07) is 3.09. The Bertz CT molecular complexity index is 2300. The Morgan fingerprint density at radius 3 is 1.89 bits per heavy atom. The Morgan fingerprint density at radius 1 is 0.699 bits per heavy atom. The number of primary amides is 3. The summed E-state index contributed by atoms with van der Waals surface area (Å²) in [4.78, 5) is 149. The second-order valence-electron chi connectivity index (χ2n) is 17.4. The predicted molar refractivity (Wildman–Crippen MR) is 269 cm³/mol. The van der Waals surface area contributed by atoms with E-state index in [2.05, 4.69) is 37.2 Å². The Balaban J connectivity index is 1.71. The summed E-state index contributed by atoms with van der Waals surface area (Å²) in [6.07, 6.45) is -0.386. The van der Waals surface area contributed by atoms with E-state index in [1.54, 1.807) is 30.3 Å². The van der Waals surface area contributed by atoms with Gasteiger partial charge in [0.1, 0.15) is 48.0 Å². The number of carbonyl (C=O) groups excluding carboxylic acids is 11. The molecule has 18 N–H and O–H groups in total. The van der Waals surface area contributed by atoms with Crippen molar-refractivity contribution in [3.8, 4) is 5.75 Å². The highest BCUT2D eigenvalue weighted by Gasteiger charge is 2.40. The molecule has 0 saturated carbocycles. The van der Waals surface area contributed by atoms with E-state index in [4.69, 9.17) is 28.7 Å². The van der Waals surface area contributed by atoms with Crippen LogP contribution in [-0.4, -0.2) is 154 Å². The van der Waals surface area contributed by atoms with E-state index >= 15 is 0 Å². The zero-order valence-corrected chi connectivity index (χ0v) is 41.6. The van der Waals surface area contributed by atoms with Gasteiger partial charge in [-0.3, -0.25) is 52.7 Å². The summed E-state index contributed by atoms with van der Waals surface area (Å²) in [5, 5.41) is 27.7. The molecule has 0 bridgehead atoms. The standard InChI is InChI=1S/C46H65N13O12S2/c47-17-5-4-9-29(40(65)52-22-38(51)63)54-45(70)35-10-6-18-59(35)46(71)34-24-73-72-23-28(48)39(64)55-31(20-26-11-13-27(60)14-12-26)43(68)56-32(19-25-7-2-1-3-8-25)42(67)53-30(15-16-36(49)61)41(66)57-33(21-37(50)62)44(69)58-34/h1-3,7-8,11-14,28-35,60H,4-6,9-10,15-24,47-48H2,(H2,49,61)(H2,50,62)(H2,51,63)(H,52,65)(H,53,67)(H,54,70)(H,55,64)(H,56,68)(H,57,66)(H,58,69)/t28-,29-,30-,31?,32-,33?,34?,35-/m0/s1. The first-order valence-electron chi connectivity index (χ1n) is 23.5. The zero-order valence-electron chi connectivity index (χ0n) is 40.0. The molecule has 2 heterocycles. The summed E-state index contributed by atoms with van der Waals surface area (Å²) in [7, 11) is 2.02. The maximum Gasteiger partial charge on any atom is 0.246 e. The molecule has 2 fully saturated rings. The molecule has 2 aromatic rings. The molecular weight excluding hydrogens is 991 g/mol. The number of likely N-dealkylation sites (tertiary alicyclic amines) is 1. The maximum absolute atomic E-state index is 14.6. The lowest BCUT2D eigenvalue weighted by Gasteiger charge is -2.31. The topological polar surface area (TPSA) is 426 Å². The molecule has 398 valence electrons. The number of carbonyl (C=O) groups is 11. The molecule has 2 saturated heterocycles. The minimum Gasteiger partial charge on any atom is -0.508 e. The van der Waals surface area contributed by atoms with Crippen molar-refractivity contribution in [2.75, 3.05) is 31.1 Å². The van der Waals surface area contributed by atoms with Gasteiger partial charge in [0.05, 0.1) is 19.0 Å². The van der Waals surface area contributed by atoms with Gasteiger partial charge in [-0.25, -0.2) is 0 Å². The number of amides is 11. The third-order valence-electron chi connectivity index (χ3n) is 11.6. The second-order valence-corrected chi connectivity index (χ2v) is 20.0. The van der Waals surface area contributed by atoms with Crippen molar-refractivity contribution in [1.29, 1.82) is 0 Å². The van der Waals surface area contributed by atoms with Crippen LogP contribution in [0.15, 0.2) is 54.6 Å². The van der Waals surface area contributed by atoms with Crippen molar-refractivity contribution >= 4 is 86.6 Å². The fourth-order valence-corrected chi connectivity index (χ4v) is 10.1. The summed E-state index contributed by atoms with van der Waals surface area (Å²) in [6.45, 7) is -0.147. The molecule has 0 aliphatic carbocycles. The minimum absolute atomic E-state index is 0.0324. The van der Waals surface area contributed by atoms with Crippen molar-refractivity contribution in [3.05, 3.63) is 65.7 Å². The summed E-state index contributed by atoms with van der Waals surface area (Å²) >= 11 is 0. The van der Waals surface area contributed by atoms with Gasteiger partial charge in [0.2, 0.25) is 65.0 Å². The second kappa shape index (κ2) is 29.5. The fourth-order valence-electron chi connectivity index (χ4n) is 7.79. The molecule has 0 spiro atoms. The number of unbranched alkanes of at least 4 members (excludes halogenated alkanes) is 1. The molecule has 27 heteroatoms. The van der Waals surface area contributed by atoms with Crippen LogP contribution < -0.4 is 65.9 Å². The molecule has 0 aromatic heterocycles. The van der Waals surface area contributed by atoms with Crippen LogP contribution in [0.25, 0.3) is 0 Å². The number of phenolic OH excluding ortho intramolecular Hbond substituents is 1. The van der Waals surface area contributed by atoms with Gasteiger partial charge in [0.15, 0.2) is 0 Å². The number of hydrogen-bond acceptors (Lipinski definition) is 16. The van der Waals surface area contributed by atoms with E-state index in [1.807, 2.05) is 0 Å². The van der Waals surface area contributed by atoms with E-state index in [9.17, 15) is 57.8 Å². The van der Waals surface area contributed by atoms with Crippen LogP contribution in [0.4, 0.5) is 0 Å². The van der Waals surface area contributed by atoms with E-state index < -0.39 is 139 Å². The highest BCUT2D eigenvalue weighted by molar-refractivity contribution is 8.76. The number of nitrogens with two attached hydrogens (primary N) is 5. The summed E-state index contributed by atoms with van der Waals surface area (Å²) < 4.78 is 0. The monoisotopic (exact) mass is 1060 g/mol. The Hall–Kier alpha value is -6.97. The van der Waals surface area contributed by atoms with Gasteiger partial charge in [0.25, 0.3) is 0 Å². The maximum atomic E-state index is 14.6. The lowest BCUT2D eigenvalue weighted by Crippen LogP contribution is -2.61. The van der Waals surface area contributed by atoms with E-state index in [-0.39, 0.29) is 49.5 Å². The smallest absolute Gasteiger partial charge is 0.246 e. The van der Waals surface area contributed by atoms with Gasteiger partial charge in [-0.1, -0.05) is 64.1 Å². The largest absolute Gasteiger partial charge is 0.508 e. The normalized spacial score (nSPS) is 23.0. The Morgan fingerprint density at radius 2 is 1.27 bits per heavy atom. The number of benzene rings is 2. The van der Waals surface area contributed by atoms with Gasteiger partial charge in [-0.2, -0.15) is 0 Å². The van der Waals surface area contributed by atoms with Crippen molar-refractivity contribution in [3.63, 3.8) is 0 Å². The lowest BCUT2D eigenvalue weighted by atomic mass is 10.0. The molecule has 11 amide bonds. The quantitative estimate of drug-likeness (QED) is 0.0467. The van der Waals surface area contributed by atoms with Crippen molar-refractivity contribution in [2.45, 2.75) is 113 Å². The van der Waals surface area contributed by atoms with Gasteiger partial charge in [-0.15, -0.1) is 0 Å². The van der Waals surface area contributed by atoms with Gasteiger partial charge in [-0.05, 0) is 68.3 Å². The van der Waals surface area contributed by atoms with Crippen molar-refractivity contribution in [1.82, 2.24) is 42.1 Å². The van der Waals surface area contributed by atoms with Crippen molar-refractivity contribution in [2.24, 2.45) is 28.7 Å². The first-order chi connectivity index (χ1) is 34.8. The minimum atomic E-state index is -1.78. The third kappa shape index (κ3) is 19.5. The molecule has 2 aliphatic rings. The van der Waals surface area contributed by atoms with Crippen LogP contribution in [-0.2, 0) is 65.6 Å². The number of nitrogens with one attached hydrogen (secondary N) is 7. The van der Waals surface area contributed by atoms with E-state index in [0.717, 1.165) is 21.6 Å². The Kier molecular flexibility index (Phi) is 23.7. The fraction of sp³-hybridized carbons (Fsp3) is 0.500. The van der Waals surface area contributed by atoms with Crippen LogP contribution in [0, 0.1) is 0 Å². The van der Waals surface area contributed by atoms with Crippen LogP contribution in [0.3, 0.4) is 0 Å². The lowest BCUT2D eigenvalue weighted by molar-refractivity contribution is -0.142. The van der Waals surface area contributed by atoms with Gasteiger partial charge >= 0.3 is 0 Å². The molecule has 3 unspecified atom stereocenters. The third-order valence-corrected chi connectivity index (χ3v) is 14.1. The number of aromatic hydroxyl groups is 1. The first-order valence-corrected chi connectivity index (χ1v) is 26.0. The SMILES string of the molecule is NCCCC[C@H](NC(=O)[C@@H]1CCCN1C(=O)C1CSSC[C@H](N)C(=O)NC(Cc2ccc(O)cc2)C(=O)N[C@@H](Cc2ccccc2)C(=O)N[C@@H](CCC(N)=O)C(=O)NC(CC(N)=O)C(=O)N1)C(=O)NCC(N)=O.